The van der Waals surface area contributed by atoms with Crippen molar-refractivity contribution in [3.8, 4) is 0 Å². The SMILES string of the molecule is O=C1c2ccccc2C[C@@]1(F)c1cccc(Cl)c1. The van der Waals surface area contributed by atoms with Gasteiger partial charge in [0.25, 0.3) is 0 Å². The number of carbonyl (C=O) groups excluding carboxylic acids is 1. The quantitative estimate of drug-likeness (QED) is 0.759. The fraction of sp³-hybridized carbons (Fsp3) is 0.133. The largest absolute Gasteiger partial charge is 0.290 e. The van der Waals surface area contributed by atoms with Crippen molar-refractivity contribution in [3.05, 3.63) is 70.2 Å². The summed E-state index contributed by atoms with van der Waals surface area (Å²) in [5, 5.41) is 0.438. The van der Waals surface area contributed by atoms with E-state index in [0.29, 0.717) is 16.1 Å². The maximum absolute atomic E-state index is 15.0. The monoisotopic (exact) mass is 260 g/mol. The molecule has 2 aromatic carbocycles. The number of rotatable bonds is 1. The molecule has 0 aliphatic heterocycles. The van der Waals surface area contributed by atoms with Gasteiger partial charge in [-0.25, -0.2) is 4.39 Å². The molecule has 0 saturated heterocycles. The van der Waals surface area contributed by atoms with Crippen molar-refractivity contribution < 1.29 is 9.18 Å². The average Bonchev–Trinajstić information content (AvgIpc) is 2.64. The third-order valence-electron chi connectivity index (χ3n) is 3.34. The van der Waals surface area contributed by atoms with Crippen LogP contribution in [0.2, 0.25) is 5.02 Å². The van der Waals surface area contributed by atoms with Crippen LogP contribution >= 0.6 is 11.6 Å². The Morgan fingerprint density at radius 2 is 1.89 bits per heavy atom. The molecule has 0 amide bonds. The van der Waals surface area contributed by atoms with Crippen LogP contribution in [0.25, 0.3) is 0 Å². The van der Waals surface area contributed by atoms with Gasteiger partial charge in [0.2, 0.25) is 11.5 Å². The molecule has 1 aliphatic rings. The second-order valence-electron chi connectivity index (χ2n) is 4.47. The lowest BCUT2D eigenvalue weighted by atomic mass is 9.92. The highest BCUT2D eigenvalue weighted by Crippen LogP contribution is 2.41. The van der Waals surface area contributed by atoms with Crippen LogP contribution in [-0.4, -0.2) is 5.78 Å². The molecule has 2 aromatic rings. The molecular formula is C15H10ClFO. The third kappa shape index (κ3) is 1.57. The lowest BCUT2D eigenvalue weighted by Gasteiger charge is -2.18. The zero-order chi connectivity index (χ0) is 12.8. The van der Waals surface area contributed by atoms with Crippen molar-refractivity contribution in [1.29, 1.82) is 0 Å². The first-order chi connectivity index (χ1) is 8.61. The molecule has 1 nitrogen and oxygen atoms in total. The molecule has 0 aromatic heterocycles. The Bertz CT molecular complexity index is 638. The number of benzene rings is 2. The fourth-order valence-electron chi connectivity index (χ4n) is 2.42. The molecule has 0 unspecified atom stereocenters. The van der Waals surface area contributed by atoms with E-state index in [4.69, 9.17) is 11.6 Å². The lowest BCUT2D eigenvalue weighted by molar-refractivity contribution is 0.0716. The summed E-state index contributed by atoms with van der Waals surface area (Å²) in [7, 11) is 0. The van der Waals surface area contributed by atoms with Gasteiger partial charge in [-0.3, -0.25) is 4.79 Å². The second-order valence-corrected chi connectivity index (χ2v) is 4.91. The van der Waals surface area contributed by atoms with Crippen molar-refractivity contribution in [3.63, 3.8) is 0 Å². The summed E-state index contributed by atoms with van der Waals surface area (Å²) in [4.78, 5) is 12.2. The molecule has 0 radical (unpaired) electrons. The summed E-state index contributed by atoms with van der Waals surface area (Å²) in [6.07, 6.45) is 0.0857. The number of carbonyl (C=O) groups is 1. The molecular weight excluding hydrogens is 251 g/mol. The lowest BCUT2D eigenvalue weighted by Crippen LogP contribution is -2.27. The summed E-state index contributed by atoms with van der Waals surface area (Å²) in [5.74, 6) is -0.472. The standard InChI is InChI=1S/C15H10ClFO/c16-12-6-3-5-11(8-12)15(17)9-10-4-1-2-7-13(10)14(15)18/h1-8H,9H2/t15-/m1/s1. The van der Waals surface area contributed by atoms with Gasteiger partial charge >= 0.3 is 0 Å². The molecule has 18 heavy (non-hydrogen) atoms. The number of halogens is 2. The number of fused-ring (bicyclic) bond motifs is 1. The van der Waals surface area contributed by atoms with E-state index in [0.717, 1.165) is 5.56 Å². The minimum absolute atomic E-state index is 0.0857. The zero-order valence-corrected chi connectivity index (χ0v) is 10.2. The molecule has 0 spiro atoms. The van der Waals surface area contributed by atoms with Gasteiger partial charge in [0.1, 0.15) is 0 Å². The topological polar surface area (TPSA) is 17.1 Å². The van der Waals surface area contributed by atoms with Gasteiger partial charge in [0.05, 0.1) is 0 Å². The normalized spacial score (nSPS) is 22.0. The van der Waals surface area contributed by atoms with Crippen molar-refractivity contribution >= 4 is 17.4 Å². The molecule has 3 rings (SSSR count). The van der Waals surface area contributed by atoms with E-state index in [2.05, 4.69) is 0 Å². The predicted molar refractivity (Wildman–Crippen MR) is 68.7 cm³/mol. The van der Waals surface area contributed by atoms with Gasteiger partial charge in [-0.15, -0.1) is 0 Å². The van der Waals surface area contributed by atoms with E-state index in [9.17, 15) is 4.79 Å². The molecule has 0 N–H and O–H groups in total. The number of hydrogen-bond acceptors (Lipinski definition) is 1. The summed E-state index contributed by atoms with van der Waals surface area (Å²) in [6.45, 7) is 0. The van der Waals surface area contributed by atoms with Crippen molar-refractivity contribution in [1.82, 2.24) is 0 Å². The maximum Gasteiger partial charge on any atom is 0.205 e. The van der Waals surface area contributed by atoms with E-state index in [-0.39, 0.29) is 6.42 Å². The Kier molecular flexibility index (Phi) is 2.49. The van der Waals surface area contributed by atoms with E-state index in [1.807, 2.05) is 6.07 Å². The van der Waals surface area contributed by atoms with Crippen molar-refractivity contribution in [2.45, 2.75) is 12.1 Å². The van der Waals surface area contributed by atoms with E-state index >= 15 is 4.39 Å². The molecule has 1 aliphatic carbocycles. The highest BCUT2D eigenvalue weighted by atomic mass is 35.5. The average molecular weight is 261 g/mol. The molecule has 90 valence electrons. The Hall–Kier alpha value is -1.67. The first-order valence-electron chi connectivity index (χ1n) is 5.69. The summed E-state index contributed by atoms with van der Waals surface area (Å²) in [6, 6.07) is 13.5. The van der Waals surface area contributed by atoms with E-state index < -0.39 is 11.5 Å². The van der Waals surface area contributed by atoms with Gasteiger partial charge < -0.3 is 0 Å². The Labute approximate surface area is 109 Å². The smallest absolute Gasteiger partial charge is 0.205 e. The van der Waals surface area contributed by atoms with Crippen LogP contribution in [0.4, 0.5) is 4.39 Å². The van der Waals surface area contributed by atoms with Crippen LogP contribution in [0.3, 0.4) is 0 Å². The van der Waals surface area contributed by atoms with Crippen molar-refractivity contribution in [2.24, 2.45) is 0 Å². The van der Waals surface area contributed by atoms with E-state index in [1.165, 1.54) is 6.07 Å². The molecule has 0 heterocycles. The highest BCUT2D eigenvalue weighted by molar-refractivity contribution is 6.30. The van der Waals surface area contributed by atoms with Crippen molar-refractivity contribution in [2.75, 3.05) is 0 Å². The first-order valence-corrected chi connectivity index (χ1v) is 6.07. The Morgan fingerprint density at radius 1 is 1.11 bits per heavy atom. The number of alkyl halides is 1. The zero-order valence-electron chi connectivity index (χ0n) is 9.49. The van der Waals surface area contributed by atoms with Crippen LogP contribution in [0.5, 0.6) is 0 Å². The first kappa shape index (κ1) is 11.4. The van der Waals surface area contributed by atoms with E-state index in [1.54, 1.807) is 36.4 Å². The van der Waals surface area contributed by atoms with Gasteiger partial charge in [-0.05, 0) is 23.3 Å². The number of ketones is 1. The Morgan fingerprint density at radius 3 is 2.61 bits per heavy atom. The maximum atomic E-state index is 15.0. The molecule has 0 bridgehead atoms. The number of Topliss-reactive ketones (excluding diaryl/α,β-unsaturated/α-hetero) is 1. The van der Waals surface area contributed by atoms with Crippen LogP contribution in [-0.2, 0) is 12.1 Å². The van der Waals surface area contributed by atoms with Crippen LogP contribution in [0.15, 0.2) is 48.5 Å². The predicted octanol–water partition coefficient (Wildman–Crippen LogP) is 3.94. The highest BCUT2D eigenvalue weighted by Gasteiger charge is 2.47. The summed E-state index contributed by atoms with van der Waals surface area (Å²) in [5.41, 5.74) is -0.421. The fourth-order valence-corrected chi connectivity index (χ4v) is 2.61. The van der Waals surface area contributed by atoms with Crippen LogP contribution < -0.4 is 0 Å². The van der Waals surface area contributed by atoms with Gasteiger partial charge in [-0.1, -0.05) is 48.0 Å². The second kappa shape index (κ2) is 3.92. The molecule has 3 heteroatoms. The molecule has 1 atom stereocenters. The minimum Gasteiger partial charge on any atom is -0.290 e. The van der Waals surface area contributed by atoms with Gasteiger partial charge in [0, 0.05) is 17.0 Å². The summed E-state index contributed by atoms with van der Waals surface area (Å²) < 4.78 is 15.0. The minimum atomic E-state index is -1.98. The third-order valence-corrected chi connectivity index (χ3v) is 3.57. The van der Waals surface area contributed by atoms with Crippen LogP contribution in [0, 0.1) is 0 Å². The van der Waals surface area contributed by atoms with Gasteiger partial charge in [-0.2, -0.15) is 0 Å². The Balaban J connectivity index is 2.12. The molecule has 0 saturated carbocycles. The van der Waals surface area contributed by atoms with Gasteiger partial charge in [0.15, 0.2) is 0 Å². The van der Waals surface area contributed by atoms with Crippen LogP contribution in [0.1, 0.15) is 21.5 Å². The number of hydrogen-bond donors (Lipinski definition) is 0. The molecule has 0 fully saturated rings. The summed E-state index contributed by atoms with van der Waals surface area (Å²) >= 11 is 5.87.